The minimum Gasteiger partial charge on any atom is -0.462 e. The Morgan fingerprint density at radius 2 is 2.04 bits per heavy atom. The molecule has 8 heteroatoms. The number of thiophene rings is 1. The van der Waals surface area contributed by atoms with Gasteiger partial charge in [-0.25, -0.2) is 4.79 Å². The summed E-state index contributed by atoms with van der Waals surface area (Å²) in [5.41, 5.74) is 1.25. The Labute approximate surface area is 165 Å². The van der Waals surface area contributed by atoms with Crippen molar-refractivity contribution in [2.45, 2.75) is 6.92 Å². The summed E-state index contributed by atoms with van der Waals surface area (Å²) in [6, 6.07) is 11.3. The molecule has 0 saturated carbocycles. The monoisotopic (exact) mass is 402 g/mol. The first-order valence-electron chi connectivity index (χ1n) is 8.32. The van der Waals surface area contributed by atoms with Crippen LogP contribution < -0.4 is 5.32 Å². The van der Waals surface area contributed by atoms with Crippen LogP contribution in [0, 0.1) is 0 Å². The van der Waals surface area contributed by atoms with Crippen LogP contribution in [0.1, 0.15) is 17.3 Å². The number of thioether (sulfide) groups is 1. The van der Waals surface area contributed by atoms with Gasteiger partial charge in [0.1, 0.15) is 11.5 Å². The predicted molar refractivity (Wildman–Crippen MR) is 108 cm³/mol. The van der Waals surface area contributed by atoms with Gasteiger partial charge in [0.05, 0.1) is 17.9 Å². The van der Waals surface area contributed by atoms with Crippen molar-refractivity contribution < 1.29 is 19.1 Å². The van der Waals surface area contributed by atoms with E-state index in [0.29, 0.717) is 16.3 Å². The number of hydrogen-bond acceptors (Lipinski definition) is 6. The summed E-state index contributed by atoms with van der Waals surface area (Å²) in [5, 5.41) is 4.94. The number of rotatable bonds is 6. The first-order chi connectivity index (χ1) is 13.1. The maximum absolute atomic E-state index is 12.4. The van der Waals surface area contributed by atoms with Gasteiger partial charge < -0.3 is 15.0 Å². The van der Waals surface area contributed by atoms with Gasteiger partial charge in [0, 0.05) is 11.1 Å². The van der Waals surface area contributed by atoms with Crippen molar-refractivity contribution in [2.24, 2.45) is 0 Å². The van der Waals surface area contributed by atoms with Crippen LogP contribution in [-0.4, -0.2) is 41.6 Å². The molecule has 1 aromatic heterocycles. The molecule has 0 saturated heterocycles. The third-order valence-electron chi connectivity index (χ3n) is 3.72. The standard InChI is InChI=1S/C19H18N2O4S2/c1-2-25-19(24)14-10-15(13-6-4-3-5-7-13)27-18(14)20-16(22)11-21-8-9-26-12-17(21)23/h3-10H,2,11-12H2,1H3,(H,20,22). The van der Waals surface area contributed by atoms with Gasteiger partial charge in [-0.05, 0) is 24.0 Å². The summed E-state index contributed by atoms with van der Waals surface area (Å²) >= 11 is 2.69. The molecule has 2 heterocycles. The number of esters is 1. The van der Waals surface area contributed by atoms with Crippen LogP contribution in [0.3, 0.4) is 0 Å². The Hall–Kier alpha value is -2.58. The molecule has 1 aliphatic heterocycles. The van der Waals surface area contributed by atoms with Gasteiger partial charge in [-0.1, -0.05) is 30.3 Å². The molecule has 0 aliphatic carbocycles. The Balaban J connectivity index is 1.82. The van der Waals surface area contributed by atoms with Crippen molar-refractivity contribution in [3.8, 4) is 10.4 Å². The van der Waals surface area contributed by atoms with Gasteiger partial charge >= 0.3 is 5.97 Å². The lowest BCUT2D eigenvalue weighted by Gasteiger charge is -2.20. The number of nitrogens with zero attached hydrogens (tertiary/aromatic N) is 1. The third kappa shape index (κ3) is 4.78. The molecular weight excluding hydrogens is 384 g/mol. The first kappa shape index (κ1) is 19.2. The summed E-state index contributed by atoms with van der Waals surface area (Å²) in [6.45, 7) is 1.87. The van der Waals surface area contributed by atoms with Gasteiger partial charge in [0.15, 0.2) is 0 Å². The van der Waals surface area contributed by atoms with E-state index in [4.69, 9.17) is 4.74 Å². The molecule has 27 heavy (non-hydrogen) atoms. The van der Waals surface area contributed by atoms with Crippen LogP contribution in [0.2, 0.25) is 0 Å². The zero-order valence-electron chi connectivity index (χ0n) is 14.6. The zero-order valence-corrected chi connectivity index (χ0v) is 16.3. The van der Waals surface area contributed by atoms with Gasteiger partial charge in [-0.15, -0.1) is 23.1 Å². The fourth-order valence-electron chi connectivity index (χ4n) is 2.45. The lowest BCUT2D eigenvalue weighted by molar-refractivity contribution is -0.129. The van der Waals surface area contributed by atoms with E-state index >= 15 is 0 Å². The summed E-state index contributed by atoms with van der Waals surface area (Å²) < 4.78 is 5.10. The number of hydrogen-bond donors (Lipinski definition) is 1. The molecule has 1 aliphatic rings. The number of benzene rings is 1. The topological polar surface area (TPSA) is 75.7 Å². The van der Waals surface area contributed by atoms with Gasteiger partial charge in [-0.3, -0.25) is 9.59 Å². The van der Waals surface area contributed by atoms with Crippen molar-refractivity contribution in [1.29, 1.82) is 0 Å². The number of ether oxygens (including phenoxy) is 1. The highest BCUT2D eigenvalue weighted by Crippen LogP contribution is 2.36. The maximum atomic E-state index is 12.4. The number of carbonyl (C=O) groups excluding carboxylic acids is 3. The van der Waals surface area contributed by atoms with E-state index in [-0.39, 0.29) is 25.0 Å². The molecule has 0 spiro atoms. The summed E-state index contributed by atoms with van der Waals surface area (Å²) in [7, 11) is 0. The normalized spacial score (nSPS) is 13.5. The number of anilines is 1. The minimum absolute atomic E-state index is 0.100. The molecule has 0 atom stereocenters. The predicted octanol–water partition coefficient (Wildman–Crippen LogP) is 3.58. The molecule has 2 aromatic rings. The van der Waals surface area contributed by atoms with Crippen molar-refractivity contribution in [3.05, 3.63) is 53.6 Å². The van der Waals surface area contributed by atoms with E-state index in [2.05, 4.69) is 5.32 Å². The highest BCUT2D eigenvalue weighted by atomic mass is 32.2. The van der Waals surface area contributed by atoms with E-state index in [9.17, 15) is 14.4 Å². The first-order valence-corrected chi connectivity index (χ1v) is 10.2. The largest absolute Gasteiger partial charge is 0.462 e. The third-order valence-corrected chi connectivity index (χ3v) is 5.54. The molecule has 1 aromatic carbocycles. The molecule has 0 fully saturated rings. The van der Waals surface area contributed by atoms with Crippen LogP contribution in [0.5, 0.6) is 0 Å². The molecule has 2 amide bonds. The highest BCUT2D eigenvalue weighted by Gasteiger charge is 2.22. The summed E-state index contributed by atoms with van der Waals surface area (Å²) in [6.07, 6.45) is 1.59. The lowest BCUT2D eigenvalue weighted by Crippen LogP contribution is -2.36. The molecule has 3 rings (SSSR count). The minimum atomic E-state index is -0.489. The molecule has 6 nitrogen and oxygen atoms in total. The fourth-order valence-corrected chi connectivity index (χ4v) is 4.16. The van der Waals surface area contributed by atoms with Crippen molar-refractivity contribution in [1.82, 2.24) is 4.90 Å². The van der Waals surface area contributed by atoms with Crippen molar-refractivity contribution in [2.75, 3.05) is 24.2 Å². The van der Waals surface area contributed by atoms with Crippen LogP contribution in [0.4, 0.5) is 5.00 Å². The number of nitrogens with one attached hydrogen (secondary N) is 1. The van der Waals surface area contributed by atoms with Crippen LogP contribution in [0.15, 0.2) is 48.0 Å². The zero-order chi connectivity index (χ0) is 19.2. The molecular formula is C19H18N2O4S2. The van der Waals surface area contributed by atoms with Gasteiger partial charge in [0.25, 0.3) is 0 Å². The maximum Gasteiger partial charge on any atom is 0.341 e. The summed E-state index contributed by atoms with van der Waals surface area (Å²) in [4.78, 5) is 38.7. The Kier molecular flexibility index (Phi) is 6.31. The Morgan fingerprint density at radius 1 is 1.26 bits per heavy atom. The lowest BCUT2D eigenvalue weighted by atomic mass is 10.1. The summed E-state index contributed by atoms with van der Waals surface area (Å²) in [5.74, 6) is -0.669. The second-order valence-electron chi connectivity index (χ2n) is 5.61. The number of carbonyl (C=O) groups is 3. The van der Waals surface area contributed by atoms with Crippen molar-refractivity contribution >= 4 is 45.9 Å². The van der Waals surface area contributed by atoms with E-state index in [0.717, 1.165) is 10.4 Å². The highest BCUT2D eigenvalue weighted by molar-refractivity contribution is 8.02. The molecule has 1 N–H and O–H groups in total. The quantitative estimate of drug-likeness (QED) is 0.748. The van der Waals surface area contributed by atoms with Crippen LogP contribution in [-0.2, 0) is 14.3 Å². The van der Waals surface area contributed by atoms with E-state index in [1.54, 1.807) is 24.6 Å². The van der Waals surface area contributed by atoms with Gasteiger partial charge in [0.2, 0.25) is 11.8 Å². The average molecular weight is 402 g/mol. The molecule has 0 radical (unpaired) electrons. The van der Waals surface area contributed by atoms with Crippen molar-refractivity contribution in [3.63, 3.8) is 0 Å². The van der Waals surface area contributed by atoms with Gasteiger partial charge in [-0.2, -0.15) is 0 Å². The molecule has 0 bridgehead atoms. The molecule has 140 valence electrons. The van der Waals surface area contributed by atoms with E-state index in [1.807, 2.05) is 30.3 Å². The second-order valence-corrected chi connectivity index (χ2v) is 7.55. The van der Waals surface area contributed by atoms with E-state index < -0.39 is 5.97 Å². The van der Waals surface area contributed by atoms with Crippen LogP contribution in [0.25, 0.3) is 10.4 Å². The molecule has 0 unspecified atom stereocenters. The number of amides is 2. The second kappa shape index (κ2) is 8.88. The smallest absolute Gasteiger partial charge is 0.341 e. The van der Waals surface area contributed by atoms with Crippen LogP contribution >= 0.6 is 23.1 Å². The fraction of sp³-hybridized carbons (Fsp3) is 0.211. The van der Waals surface area contributed by atoms with E-state index in [1.165, 1.54) is 28.0 Å². The average Bonchev–Trinajstić information content (AvgIpc) is 3.08. The SMILES string of the molecule is CCOC(=O)c1cc(-c2ccccc2)sc1NC(=O)CN1C=CSCC1=O. The Morgan fingerprint density at radius 3 is 2.74 bits per heavy atom. The Bertz CT molecular complexity index is 877.